The van der Waals surface area contributed by atoms with Crippen molar-refractivity contribution in [2.75, 3.05) is 0 Å². The molecule has 1 atom stereocenters. The number of nitrogens with one attached hydrogen (secondary N) is 1. The van der Waals surface area contributed by atoms with Gasteiger partial charge in [0, 0.05) is 12.6 Å². The zero-order chi connectivity index (χ0) is 15.0. The number of sulfonamides is 1. The molecule has 3 N–H and O–H groups in total. The smallest absolute Gasteiger partial charge is 0.241 e. The second kappa shape index (κ2) is 5.47. The van der Waals surface area contributed by atoms with Crippen molar-refractivity contribution >= 4 is 10.0 Å². The second-order valence-corrected chi connectivity index (χ2v) is 8.04. The van der Waals surface area contributed by atoms with Gasteiger partial charge in [-0.25, -0.2) is 13.1 Å². The fourth-order valence-electron chi connectivity index (χ4n) is 2.94. The molecule has 0 radical (unpaired) electrons. The van der Waals surface area contributed by atoms with Crippen LogP contribution in [0.1, 0.15) is 44.2 Å². The Morgan fingerprint density at radius 3 is 2.60 bits per heavy atom. The van der Waals surface area contributed by atoms with Crippen molar-refractivity contribution in [3.05, 3.63) is 29.3 Å². The van der Waals surface area contributed by atoms with E-state index in [1.807, 2.05) is 13.0 Å². The first-order valence-electron chi connectivity index (χ1n) is 7.08. The molecule has 20 heavy (non-hydrogen) atoms. The monoisotopic (exact) mass is 296 g/mol. The minimum absolute atomic E-state index is 0.0149. The molecule has 1 saturated carbocycles. The molecule has 5 heteroatoms. The molecule has 0 spiro atoms. The minimum atomic E-state index is -3.46. The van der Waals surface area contributed by atoms with Gasteiger partial charge in [0.15, 0.2) is 0 Å². The molecule has 1 aliphatic rings. The van der Waals surface area contributed by atoms with Gasteiger partial charge in [0.25, 0.3) is 0 Å². The molecule has 1 aliphatic carbocycles. The minimum Gasteiger partial charge on any atom is -0.326 e. The van der Waals surface area contributed by atoms with Gasteiger partial charge in [-0.05, 0) is 42.4 Å². The average Bonchev–Trinajstić information content (AvgIpc) is 2.67. The van der Waals surface area contributed by atoms with Crippen LogP contribution in [0.15, 0.2) is 23.1 Å². The van der Waals surface area contributed by atoms with Crippen molar-refractivity contribution in [2.24, 2.45) is 11.1 Å². The van der Waals surface area contributed by atoms with Crippen LogP contribution in [0.2, 0.25) is 0 Å². The molecule has 1 unspecified atom stereocenters. The van der Waals surface area contributed by atoms with Crippen LogP contribution in [-0.2, 0) is 16.6 Å². The highest BCUT2D eigenvalue weighted by atomic mass is 32.2. The van der Waals surface area contributed by atoms with Gasteiger partial charge >= 0.3 is 0 Å². The van der Waals surface area contributed by atoms with Crippen molar-refractivity contribution in [3.8, 4) is 0 Å². The van der Waals surface area contributed by atoms with E-state index in [0.29, 0.717) is 11.4 Å². The van der Waals surface area contributed by atoms with Crippen molar-refractivity contribution in [2.45, 2.75) is 57.5 Å². The summed E-state index contributed by atoms with van der Waals surface area (Å²) in [6.07, 6.45) is 3.04. The highest BCUT2D eigenvalue weighted by Gasteiger charge is 2.37. The van der Waals surface area contributed by atoms with E-state index in [1.165, 1.54) is 0 Å². The topological polar surface area (TPSA) is 72.2 Å². The van der Waals surface area contributed by atoms with Crippen LogP contribution in [0, 0.1) is 12.3 Å². The molecule has 1 aromatic rings. The number of hydrogen-bond donors (Lipinski definition) is 2. The number of benzene rings is 1. The molecule has 1 fully saturated rings. The maximum Gasteiger partial charge on any atom is 0.241 e. The van der Waals surface area contributed by atoms with Crippen LogP contribution in [0.5, 0.6) is 0 Å². The van der Waals surface area contributed by atoms with E-state index < -0.39 is 10.0 Å². The van der Waals surface area contributed by atoms with E-state index in [1.54, 1.807) is 12.1 Å². The Morgan fingerprint density at radius 1 is 1.40 bits per heavy atom. The van der Waals surface area contributed by atoms with Crippen LogP contribution < -0.4 is 10.5 Å². The van der Waals surface area contributed by atoms with Gasteiger partial charge in [0.05, 0.1) is 4.90 Å². The third-order valence-electron chi connectivity index (χ3n) is 4.32. The van der Waals surface area contributed by atoms with E-state index in [0.717, 1.165) is 30.4 Å². The second-order valence-electron chi connectivity index (χ2n) is 6.36. The number of rotatable bonds is 4. The summed E-state index contributed by atoms with van der Waals surface area (Å²) in [5, 5.41) is 0. The van der Waals surface area contributed by atoms with Gasteiger partial charge in [-0.1, -0.05) is 32.4 Å². The Labute approximate surface area is 121 Å². The van der Waals surface area contributed by atoms with Crippen molar-refractivity contribution in [1.82, 2.24) is 4.72 Å². The maximum absolute atomic E-state index is 12.6. The summed E-state index contributed by atoms with van der Waals surface area (Å²) in [4.78, 5) is 0.359. The predicted octanol–water partition coefficient (Wildman–Crippen LogP) is 2.31. The quantitative estimate of drug-likeness (QED) is 0.895. The highest BCUT2D eigenvalue weighted by Crippen LogP contribution is 2.38. The predicted molar refractivity (Wildman–Crippen MR) is 80.8 cm³/mol. The summed E-state index contributed by atoms with van der Waals surface area (Å²) >= 11 is 0. The third-order valence-corrected chi connectivity index (χ3v) is 5.95. The van der Waals surface area contributed by atoms with E-state index in [4.69, 9.17) is 5.73 Å². The maximum atomic E-state index is 12.6. The first kappa shape index (κ1) is 15.5. The van der Waals surface area contributed by atoms with Gasteiger partial charge in [-0.3, -0.25) is 0 Å². The lowest BCUT2D eigenvalue weighted by Crippen LogP contribution is -2.41. The molecule has 0 amide bonds. The highest BCUT2D eigenvalue weighted by molar-refractivity contribution is 7.89. The summed E-state index contributed by atoms with van der Waals surface area (Å²) in [5.74, 6) is 0. The zero-order valence-corrected chi connectivity index (χ0v) is 13.3. The molecule has 0 aromatic heterocycles. The lowest BCUT2D eigenvalue weighted by Gasteiger charge is -2.27. The van der Waals surface area contributed by atoms with Gasteiger partial charge < -0.3 is 5.73 Å². The molecule has 112 valence electrons. The fourth-order valence-corrected chi connectivity index (χ4v) is 4.60. The zero-order valence-electron chi connectivity index (χ0n) is 12.4. The molecule has 0 saturated heterocycles. The summed E-state index contributed by atoms with van der Waals surface area (Å²) in [5.41, 5.74) is 7.30. The van der Waals surface area contributed by atoms with E-state index in [2.05, 4.69) is 18.6 Å². The number of nitrogens with two attached hydrogens (primary N) is 1. The average molecular weight is 296 g/mol. The van der Waals surface area contributed by atoms with Gasteiger partial charge in [-0.15, -0.1) is 0 Å². The normalized spacial score (nSPS) is 22.1. The standard InChI is InChI=1S/C15H24N2O2S/c1-11-9-12(10-16)6-7-13(11)20(18,19)17-14-5-4-8-15(14,2)3/h6-7,9,14,17H,4-5,8,10,16H2,1-3H3. The summed E-state index contributed by atoms with van der Waals surface area (Å²) < 4.78 is 28.0. The van der Waals surface area contributed by atoms with Gasteiger partial charge in [-0.2, -0.15) is 0 Å². The Hall–Kier alpha value is -0.910. The molecule has 1 aromatic carbocycles. The van der Waals surface area contributed by atoms with Crippen LogP contribution in [-0.4, -0.2) is 14.5 Å². The Bertz CT molecular complexity index is 594. The Balaban J connectivity index is 2.27. The molecule has 0 heterocycles. The lowest BCUT2D eigenvalue weighted by atomic mass is 9.88. The van der Waals surface area contributed by atoms with Gasteiger partial charge in [0.2, 0.25) is 10.0 Å². The summed E-state index contributed by atoms with van der Waals surface area (Å²) in [6, 6.07) is 5.29. The SMILES string of the molecule is Cc1cc(CN)ccc1S(=O)(=O)NC1CCCC1(C)C. The number of aryl methyl sites for hydroxylation is 1. The first-order chi connectivity index (χ1) is 9.26. The Kier molecular flexibility index (Phi) is 4.23. The van der Waals surface area contributed by atoms with Crippen molar-refractivity contribution < 1.29 is 8.42 Å². The molecule has 0 bridgehead atoms. The van der Waals surface area contributed by atoms with Crippen LogP contribution >= 0.6 is 0 Å². The van der Waals surface area contributed by atoms with Crippen molar-refractivity contribution in [3.63, 3.8) is 0 Å². The van der Waals surface area contributed by atoms with E-state index in [9.17, 15) is 8.42 Å². The molecule has 0 aliphatic heterocycles. The fraction of sp³-hybridized carbons (Fsp3) is 0.600. The third kappa shape index (κ3) is 3.05. The number of hydrogen-bond acceptors (Lipinski definition) is 3. The summed E-state index contributed by atoms with van der Waals surface area (Å²) in [7, 11) is -3.46. The first-order valence-corrected chi connectivity index (χ1v) is 8.56. The molecule has 4 nitrogen and oxygen atoms in total. The van der Waals surface area contributed by atoms with E-state index >= 15 is 0 Å². The van der Waals surface area contributed by atoms with E-state index in [-0.39, 0.29) is 11.5 Å². The van der Waals surface area contributed by atoms with Gasteiger partial charge in [0.1, 0.15) is 0 Å². The lowest BCUT2D eigenvalue weighted by molar-refractivity contribution is 0.313. The molecular weight excluding hydrogens is 272 g/mol. The largest absolute Gasteiger partial charge is 0.326 e. The van der Waals surface area contributed by atoms with Crippen LogP contribution in [0.25, 0.3) is 0 Å². The van der Waals surface area contributed by atoms with Crippen LogP contribution in [0.3, 0.4) is 0 Å². The molecular formula is C15H24N2O2S. The van der Waals surface area contributed by atoms with Crippen LogP contribution in [0.4, 0.5) is 0 Å². The molecule has 2 rings (SSSR count). The summed E-state index contributed by atoms with van der Waals surface area (Å²) in [6.45, 7) is 6.48. The van der Waals surface area contributed by atoms with Crippen molar-refractivity contribution in [1.29, 1.82) is 0 Å². The Morgan fingerprint density at radius 2 is 2.10 bits per heavy atom.